The number of hydrogen-bond acceptors (Lipinski definition) is 3. The minimum absolute atomic E-state index is 0.00987. The highest BCUT2D eigenvalue weighted by atomic mass is 16.5. The quantitative estimate of drug-likeness (QED) is 0.621. The summed E-state index contributed by atoms with van der Waals surface area (Å²) in [6.45, 7) is 2.76. The van der Waals surface area contributed by atoms with Gasteiger partial charge in [-0.2, -0.15) is 0 Å². The molecule has 0 unspecified atom stereocenters. The lowest BCUT2D eigenvalue weighted by Crippen LogP contribution is -3.11. The van der Waals surface area contributed by atoms with Crippen LogP contribution in [0.5, 0.6) is 5.75 Å². The van der Waals surface area contributed by atoms with Gasteiger partial charge in [0.15, 0.2) is 18.4 Å². The van der Waals surface area contributed by atoms with Crippen LogP contribution in [0, 0.1) is 0 Å². The minimum atomic E-state index is -0.122. The van der Waals surface area contributed by atoms with Crippen LogP contribution in [0.3, 0.4) is 0 Å². The Morgan fingerprint density at radius 3 is 2.52 bits per heavy atom. The molecule has 0 spiro atoms. The van der Waals surface area contributed by atoms with Gasteiger partial charge >= 0.3 is 0 Å². The predicted octanol–water partition coefficient (Wildman–Crippen LogP) is 2.86. The summed E-state index contributed by atoms with van der Waals surface area (Å²) in [4.78, 5) is 13.9. The van der Waals surface area contributed by atoms with Gasteiger partial charge in [0.05, 0.1) is 25.9 Å². The van der Waals surface area contributed by atoms with Crippen LogP contribution >= 0.6 is 0 Å². The Hall–Kier alpha value is -3.05. The molecule has 1 aliphatic rings. The predicted molar refractivity (Wildman–Crippen MR) is 112 cm³/mol. The molecule has 1 aromatic heterocycles. The summed E-state index contributed by atoms with van der Waals surface area (Å²) in [7, 11) is 0. The number of ether oxygens (including phenoxy) is 1. The van der Waals surface area contributed by atoms with Gasteiger partial charge in [0, 0.05) is 18.4 Å². The van der Waals surface area contributed by atoms with Crippen molar-refractivity contribution in [2.24, 2.45) is 0 Å². The number of carbonyl (C=O) groups excluding carboxylic acids is 1. The van der Waals surface area contributed by atoms with Crippen LogP contribution in [0.4, 0.5) is 0 Å². The number of likely N-dealkylation sites (tertiary alicyclic amines) is 1. The molecule has 4 rings (SSSR count). The zero-order valence-corrected chi connectivity index (χ0v) is 16.5. The summed E-state index contributed by atoms with van der Waals surface area (Å²) < 4.78 is 11.5. The summed E-state index contributed by atoms with van der Waals surface area (Å²) in [6, 6.07) is 21.9. The zero-order chi connectivity index (χ0) is 19.9. The summed E-state index contributed by atoms with van der Waals surface area (Å²) in [6.07, 6.45) is 4.14. The molecule has 2 heterocycles. The lowest BCUT2D eigenvalue weighted by Gasteiger charge is -2.23. The normalized spacial score (nSPS) is 15.2. The summed E-state index contributed by atoms with van der Waals surface area (Å²) in [5.74, 6) is 1.52. The summed E-state index contributed by atoms with van der Waals surface area (Å²) in [5.41, 5.74) is 2.05. The fourth-order valence-electron chi connectivity index (χ4n) is 3.97. The number of para-hydroxylation sites is 1. The topological polar surface area (TPSA) is 55.9 Å². The monoisotopic (exact) mass is 391 g/mol. The Bertz CT molecular complexity index is 903. The first-order chi connectivity index (χ1) is 14.3. The van der Waals surface area contributed by atoms with Crippen LogP contribution in [0.15, 0.2) is 77.4 Å². The molecule has 3 aromatic rings. The largest absolute Gasteiger partial charge is 0.483 e. The van der Waals surface area contributed by atoms with Gasteiger partial charge in [-0.1, -0.05) is 48.5 Å². The van der Waals surface area contributed by atoms with Gasteiger partial charge in [-0.25, -0.2) is 0 Å². The lowest BCUT2D eigenvalue weighted by molar-refractivity contribution is -0.919. The first-order valence-electron chi connectivity index (χ1n) is 10.2. The van der Waals surface area contributed by atoms with Gasteiger partial charge in [-0.05, 0) is 23.8 Å². The van der Waals surface area contributed by atoms with Crippen molar-refractivity contribution >= 4 is 5.91 Å². The maximum Gasteiger partial charge on any atom is 0.258 e. The molecule has 1 atom stereocenters. The van der Waals surface area contributed by atoms with Crippen LogP contribution in [0.2, 0.25) is 0 Å². The van der Waals surface area contributed by atoms with E-state index in [2.05, 4.69) is 5.32 Å². The van der Waals surface area contributed by atoms with Crippen molar-refractivity contribution in [3.05, 3.63) is 78.8 Å². The number of rotatable bonds is 8. The highest BCUT2D eigenvalue weighted by Gasteiger charge is 2.29. The van der Waals surface area contributed by atoms with Crippen molar-refractivity contribution in [2.75, 3.05) is 26.2 Å². The molecule has 5 nitrogen and oxygen atoms in total. The van der Waals surface area contributed by atoms with Crippen molar-refractivity contribution in [1.82, 2.24) is 5.32 Å². The number of nitrogens with one attached hydrogen (secondary N) is 2. The number of furan rings is 1. The van der Waals surface area contributed by atoms with E-state index in [1.165, 1.54) is 17.7 Å². The Labute approximate surface area is 171 Å². The maximum atomic E-state index is 12.5. The van der Waals surface area contributed by atoms with E-state index in [1.807, 2.05) is 66.7 Å². The Morgan fingerprint density at radius 2 is 1.76 bits per heavy atom. The molecular weight excluding hydrogens is 364 g/mol. The first-order valence-corrected chi connectivity index (χ1v) is 10.2. The van der Waals surface area contributed by atoms with Crippen molar-refractivity contribution in [1.29, 1.82) is 0 Å². The molecule has 1 amide bonds. The third-order valence-corrected chi connectivity index (χ3v) is 5.46. The van der Waals surface area contributed by atoms with Crippen molar-refractivity contribution in [3.8, 4) is 16.9 Å². The standard InChI is InChI=1S/C24H26N2O3/c27-24(25-17-21(23-13-8-16-28-23)26-14-6-7-15-26)18-29-22-12-5-4-11-20(22)19-9-2-1-3-10-19/h1-5,8-13,16,21H,6-7,14-15,17-18H2,(H,25,27)/p+1/t21-/m1/s1. The molecule has 1 aliphatic heterocycles. The van der Waals surface area contributed by atoms with E-state index >= 15 is 0 Å². The Morgan fingerprint density at radius 1 is 1.00 bits per heavy atom. The molecule has 150 valence electrons. The smallest absolute Gasteiger partial charge is 0.258 e. The molecule has 2 N–H and O–H groups in total. The second-order valence-electron chi connectivity index (χ2n) is 7.39. The third kappa shape index (κ3) is 4.87. The van der Waals surface area contributed by atoms with Crippen LogP contribution < -0.4 is 15.0 Å². The zero-order valence-electron chi connectivity index (χ0n) is 16.5. The number of amides is 1. The van der Waals surface area contributed by atoms with Crippen LogP contribution in [-0.2, 0) is 4.79 Å². The Balaban J connectivity index is 1.36. The molecule has 0 saturated carbocycles. The van der Waals surface area contributed by atoms with Gasteiger partial charge in [0.1, 0.15) is 5.75 Å². The van der Waals surface area contributed by atoms with Crippen molar-refractivity contribution in [2.45, 2.75) is 18.9 Å². The number of hydrogen-bond donors (Lipinski definition) is 2. The van der Waals surface area contributed by atoms with Crippen molar-refractivity contribution < 1.29 is 18.8 Å². The van der Waals surface area contributed by atoms with Gasteiger partial charge in [0.2, 0.25) is 0 Å². The van der Waals surface area contributed by atoms with Gasteiger partial charge in [-0.15, -0.1) is 0 Å². The van der Waals surface area contributed by atoms with Crippen LogP contribution in [0.25, 0.3) is 11.1 Å². The van der Waals surface area contributed by atoms with Gasteiger partial charge in [0.25, 0.3) is 5.91 Å². The SMILES string of the molecule is O=C(COc1ccccc1-c1ccccc1)NC[C@H](c1ccco1)[NH+]1CCCC1. The molecule has 5 heteroatoms. The lowest BCUT2D eigenvalue weighted by atomic mass is 10.1. The van der Waals surface area contributed by atoms with E-state index in [0.717, 1.165) is 30.0 Å². The highest BCUT2D eigenvalue weighted by Crippen LogP contribution is 2.29. The van der Waals surface area contributed by atoms with Gasteiger partial charge in [-0.3, -0.25) is 4.79 Å². The average Bonchev–Trinajstić information content (AvgIpc) is 3.48. The number of quaternary nitrogens is 1. The molecule has 0 bridgehead atoms. The summed E-state index contributed by atoms with van der Waals surface area (Å²) in [5, 5.41) is 3.03. The van der Waals surface area contributed by atoms with E-state index < -0.39 is 0 Å². The van der Waals surface area contributed by atoms with E-state index in [1.54, 1.807) is 6.26 Å². The molecular formula is C24H27N2O3+. The molecule has 1 saturated heterocycles. The molecule has 2 aromatic carbocycles. The van der Waals surface area contributed by atoms with Gasteiger partial charge < -0.3 is 19.4 Å². The summed E-state index contributed by atoms with van der Waals surface area (Å²) >= 11 is 0. The molecule has 0 radical (unpaired) electrons. The Kier molecular flexibility index (Phi) is 6.27. The van der Waals surface area contributed by atoms with E-state index in [0.29, 0.717) is 12.3 Å². The first kappa shape index (κ1) is 19.3. The van der Waals surface area contributed by atoms with E-state index in [-0.39, 0.29) is 18.6 Å². The van der Waals surface area contributed by atoms with E-state index in [4.69, 9.17) is 9.15 Å². The third-order valence-electron chi connectivity index (χ3n) is 5.46. The molecule has 29 heavy (non-hydrogen) atoms. The minimum Gasteiger partial charge on any atom is -0.483 e. The maximum absolute atomic E-state index is 12.5. The highest BCUT2D eigenvalue weighted by molar-refractivity contribution is 5.78. The fraction of sp³-hybridized carbons (Fsp3) is 0.292. The molecule has 1 fully saturated rings. The molecule has 0 aliphatic carbocycles. The van der Waals surface area contributed by atoms with Crippen LogP contribution in [0.1, 0.15) is 24.6 Å². The van der Waals surface area contributed by atoms with Crippen molar-refractivity contribution in [3.63, 3.8) is 0 Å². The van der Waals surface area contributed by atoms with E-state index in [9.17, 15) is 4.79 Å². The second kappa shape index (κ2) is 9.43. The number of benzene rings is 2. The number of carbonyl (C=O) groups is 1. The average molecular weight is 391 g/mol. The van der Waals surface area contributed by atoms with Crippen LogP contribution in [-0.4, -0.2) is 32.1 Å². The second-order valence-corrected chi connectivity index (χ2v) is 7.39. The fourth-order valence-corrected chi connectivity index (χ4v) is 3.97.